The van der Waals surface area contributed by atoms with Gasteiger partial charge in [0.15, 0.2) is 6.61 Å². The molecule has 0 atom stereocenters. The molecular formula is C14H9Cl2FN2O4. The van der Waals surface area contributed by atoms with Gasteiger partial charge in [0.05, 0.1) is 9.95 Å². The topological polar surface area (TPSA) is 81.5 Å². The Morgan fingerprint density at radius 1 is 1.26 bits per heavy atom. The fraction of sp³-hybridized carbons (Fsp3) is 0.0714. The minimum atomic E-state index is -0.991. The first kappa shape index (κ1) is 17.0. The minimum absolute atomic E-state index is 0.0730. The van der Waals surface area contributed by atoms with E-state index >= 15 is 0 Å². The van der Waals surface area contributed by atoms with E-state index in [9.17, 15) is 19.3 Å². The molecule has 2 rings (SSSR count). The van der Waals surface area contributed by atoms with Crippen LogP contribution in [-0.2, 0) is 4.79 Å². The molecule has 0 spiro atoms. The molecule has 2 aromatic rings. The lowest BCUT2D eigenvalue weighted by Crippen LogP contribution is -2.20. The summed E-state index contributed by atoms with van der Waals surface area (Å²) in [5, 5.41) is 13.7. The molecule has 0 heterocycles. The van der Waals surface area contributed by atoms with Crippen LogP contribution >= 0.6 is 23.2 Å². The quantitative estimate of drug-likeness (QED) is 0.645. The third-order valence-corrected chi connectivity index (χ3v) is 3.23. The third kappa shape index (κ3) is 4.54. The van der Waals surface area contributed by atoms with Crippen molar-refractivity contribution < 1.29 is 18.8 Å². The van der Waals surface area contributed by atoms with E-state index in [0.29, 0.717) is 5.02 Å². The van der Waals surface area contributed by atoms with E-state index in [1.165, 1.54) is 18.2 Å². The molecule has 1 N–H and O–H groups in total. The van der Waals surface area contributed by atoms with Crippen molar-refractivity contribution in [2.24, 2.45) is 0 Å². The normalized spacial score (nSPS) is 10.2. The predicted molar refractivity (Wildman–Crippen MR) is 83.6 cm³/mol. The number of hydrogen-bond donors (Lipinski definition) is 1. The molecule has 9 heteroatoms. The van der Waals surface area contributed by atoms with Crippen molar-refractivity contribution >= 4 is 40.5 Å². The molecule has 0 aromatic heterocycles. The van der Waals surface area contributed by atoms with E-state index in [-0.39, 0.29) is 16.5 Å². The molecule has 0 unspecified atom stereocenters. The number of ether oxygens (including phenoxy) is 1. The van der Waals surface area contributed by atoms with Gasteiger partial charge in [-0.25, -0.2) is 0 Å². The number of rotatable bonds is 5. The number of amides is 1. The minimum Gasteiger partial charge on any atom is -0.482 e. The predicted octanol–water partition coefficient (Wildman–Crippen LogP) is 4.06. The van der Waals surface area contributed by atoms with Gasteiger partial charge in [0.2, 0.25) is 5.82 Å². The highest BCUT2D eigenvalue weighted by Gasteiger charge is 2.15. The van der Waals surface area contributed by atoms with Crippen LogP contribution in [0.4, 0.5) is 15.8 Å². The van der Waals surface area contributed by atoms with Crippen LogP contribution in [-0.4, -0.2) is 17.4 Å². The maximum absolute atomic E-state index is 13.2. The summed E-state index contributed by atoms with van der Waals surface area (Å²) in [7, 11) is 0. The number of carbonyl (C=O) groups excluding carboxylic acids is 1. The van der Waals surface area contributed by atoms with Gasteiger partial charge >= 0.3 is 5.69 Å². The summed E-state index contributed by atoms with van der Waals surface area (Å²) in [6.07, 6.45) is 0. The van der Waals surface area contributed by atoms with E-state index in [0.717, 1.165) is 12.1 Å². The Labute approximate surface area is 139 Å². The molecule has 0 bridgehead atoms. The van der Waals surface area contributed by atoms with Crippen LogP contribution in [0.1, 0.15) is 0 Å². The fourth-order valence-corrected chi connectivity index (χ4v) is 1.99. The second-order valence-electron chi connectivity index (χ2n) is 4.33. The zero-order valence-corrected chi connectivity index (χ0v) is 12.9. The lowest BCUT2D eigenvalue weighted by molar-refractivity contribution is -0.387. The Morgan fingerprint density at radius 2 is 2.00 bits per heavy atom. The first-order valence-electron chi connectivity index (χ1n) is 6.18. The van der Waals surface area contributed by atoms with E-state index < -0.39 is 28.9 Å². The van der Waals surface area contributed by atoms with E-state index in [1.807, 2.05) is 0 Å². The standard InChI is InChI=1S/C14H9Cl2FN2O4/c15-8-1-3-10(16)13(5-8)23-7-14(20)18-9-2-4-11(17)12(6-9)19(21)22/h1-6H,7H2,(H,18,20). The Morgan fingerprint density at radius 3 is 2.70 bits per heavy atom. The van der Waals surface area contributed by atoms with Crippen LogP contribution < -0.4 is 10.1 Å². The fourth-order valence-electron chi connectivity index (χ4n) is 1.66. The van der Waals surface area contributed by atoms with Crippen LogP contribution in [0.15, 0.2) is 36.4 Å². The number of hydrogen-bond acceptors (Lipinski definition) is 4. The molecule has 1 amide bonds. The number of nitrogens with one attached hydrogen (secondary N) is 1. The van der Waals surface area contributed by atoms with Gasteiger partial charge in [0, 0.05) is 22.8 Å². The van der Waals surface area contributed by atoms with Gasteiger partial charge in [-0.05, 0) is 24.3 Å². The summed E-state index contributed by atoms with van der Waals surface area (Å²) < 4.78 is 18.4. The molecular weight excluding hydrogens is 350 g/mol. The average Bonchev–Trinajstić information content (AvgIpc) is 2.50. The molecule has 0 fully saturated rings. The number of nitrogens with zero attached hydrogens (tertiary/aromatic N) is 1. The molecule has 0 aliphatic rings. The zero-order chi connectivity index (χ0) is 17.0. The summed E-state index contributed by atoms with van der Waals surface area (Å²) in [6, 6.07) is 7.53. The van der Waals surface area contributed by atoms with E-state index in [4.69, 9.17) is 27.9 Å². The molecule has 23 heavy (non-hydrogen) atoms. The van der Waals surface area contributed by atoms with Gasteiger partial charge in [0.25, 0.3) is 5.91 Å². The first-order chi connectivity index (χ1) is 10.9. The molecule has 2 aromatic carbocycles. The van der Waals surface area contributed by atoms with Crippen molar-refractivity contribution in [2.75, 3.05) is 11.9 Å². The maximum atomic E-state index is 13.2. The van der Waals surface area contributed by atoms with Crippen LogP contribution in [0.25, 0.3) is 0 Å². The lowest BCUT2D eigenvalue weighted by atomic mass is 10.2. The van der Waals surface area contributed by atoms with Crippen molar-refractivity contribution in [2.45, 2.75) is 0 Å². The van der Waals surface area contributed by atoms with Crippen molar-refractivity contribution in [1.29, 1.82) is 0 Å². The number of nitro groups is 1. The monoisotopic (exact) mass is 358 g/mol. The number of nitro benzene ring substituents is 1. The summed E-state index contributed by atoms with van der Waals surface area (Å²) in [5.41, 5.74) is -0.662. The second-order valence-corrected chi connectivity index (χ2v) is 5.18. The summed E-state index contributed by atoms with van der Waals surface area (Å²) in [5.74, 6) is -1.36. The molecule has 0 saturated carbocycles. The van der Waals surface area contributed by atoms with Gasteiger partial charge in [-0.2, -0.15) is 4.39 Å². The van der Waals surface area contributed by atoms with Crippen molar-refractivity contribution in [1.82, 2.24) is 0 Å². The average molecular weight is 359 g/mol. The van der Waals surface area contributed by atoms with E-state index in [2.05, 4.69) is 5.32 Å². The molecule has 0 aliphatic heterocycles. The van der Waals surface area contributed by atoms with Crippen molar-refractivity contribution in [3.8, 4) is 5.75 Å². The Kier molecular flexibility index (Phi) is 5.36. The Balaban J connectivity index is 2.01. The molecule has 0 aliphatic carbocycles. The van der Waals surface area contributed by atoms with Crippen LogP contribution in [0, 0.1) is 15.9 Å². The number of halogens is 3. The van der Waals surface area contributed by atoms with Crippen LogP contribution in [0.5, 0.6) is 5.75 Å². The van der Waals surface area contributed by atoms with Gasteiger partial charge in [-0.15, -0.1) is 0 Å². The van der Waals surface area contributed by atoms with Gasteiger partial charge in [-0.3, -0.25) is 14.9 Å². The number of anilines is 1. The van der Waals surface area contributed by atoms with Gasteiger partial charge < -0.3 is 10.1 Å². The largest absolute Gasteiger partial charge is 0.482 e. The molecule has 0 saturated heterocycles. The van der Waals surface area contributed by atoms with Crippen molar-refractivity contribution in [3.63, 3.8) is 0 Å². The lowest BCUT2D eigenvalue weighted by Gasteiger charge is -2.09. The highest BCUT2D eigenvalue weighted by molar-refractivity contribution is 6.34. The highest BCUT2D eigenvalue weighted by atomic mass is 35.5. The molecule has 0 radical (unpaired) electrons. The Hall–Kier alpha value is -2.38. The maximum Gasteiger partial charge on any atom is 0.306 e. The van der Waals surface area contributed by atoms with Crippen molar-refractivity contribution in [3.05, 3.63) is 62.4 Å². The first-order valence-corrected chi connectivity index (χ1v) is 6.94. The summed E-state index contributed by atoms with van der Waals surface area (Å²) >= 11 is 11.7. The smallest absolute Gasteiger partial charge is 0.306 e. The molecule has 120 valence electrons. The summed E-state index contributed by atoms with van der Waals surface area (Å²) in [4.78, 5) is 21.5. The van der Waals surface area contributed by atoms with Gasteiger partial charge in [0.1, 0.15) is 5.75 Å². The van der Waals surface area contributed by atoms with Crippen LogP contribution in [0.2, 0.25) is 10.0 Å². The molecule has 6 nitrogen and oxygen atoms in total. The summed E-state index contributed by atoms with van der Waals surface area (Å²) in [6.45, 7) is -0.398. The van der Waals surface area contributed by atoms with Gasteiger partial charge in [-0.1, -0.05) is 23.2 Å². The third-order valence-electron chi connectivity index (χ3n) is 2.68. The number of benzene rings is 2. The highest BCUT2D eigenvalue weighted by Crippen LogP contribution is 2.27. The van der Waals surface area contributed by atoms with E-state index in [1.54, 1.807) is 6.07 Å². The van der Waals surface area contributed by atoms with Crippen LogP contribution in [0.3, 0.4) is 0 Å². The second kappa shape index (κ2) is 7.26. The number of carbonyl (C=O) groups is 1. The SMILES string of the molecule is O=C(COc1cc(Cl)ccc1Cl)Nc1ccc(F)c([N+](=O)[O-])c1. The zero-order valence-electron chi connectivity index (χ0n) is 11.4. The Bertz CT molecular complexity index is 770.